The molecule has 0 unspecified atom stereocenters. The van der Waals surface area contributed by atoms with Crippen molar-refractivity contribution in [1.82, 2.24) is 10.6 Å². The molecule has 0 atom stereocenters. The van der Waals surface area contributed by atoms with Crippen LogP contribution in [0.25, 0.3) is 0 Å². The third-order valence-electron chi connectivity index (χ3n) is 3.62. The maximum absolute atomic E-state index is 3.54. The van der Waals surface area contributed by atoms with E-state index in [0.29, 0.717) is 0 Å². The van der Waals surface area contributed by atoms with E-state index in [0.717, 1.165) is 25.6 Å². The summed E-state index contributed by atoms with van der Waals surface area (Å²) in [7, 11) is 0. The fourth-order valence-electron chi connectivity index (χ4n) is 2.22. The van der Waals surface area contributed by atoms with Gasteiger partial charge in [0.2, 0.25) is 0 Å². The van der Waals surface area contributed by atoms with Crippen LogP contribution in [0.2, 0.25) is 0 Å². The maximum atomic E-state index is 3.54. The third-order valence-corrected chi connectivity index (χ3v) is 3.62. The second-order valence-electron chi connectivity index (χ2n) is 5.51. The summed E-state index contributed by atoms with van der Waals surface area (Å²) in [5.41, 5.74) is 4.26. The van der Waals surface area contributed by atoms with Gasteiger partial charge in [0.25, 0.3) is 0 Å². The molecule has 2 heteroatoms. The number of hydrogen-bond donors (Lipinski definition) is 2. The Hall–Kier alpha value is -0.860. The molecule has 0 saturated heterocycles. The molecule has 0 aliphatic heterocycles. The summed E-state index contributed by atoms with van der Waals surface area (Å²) < 4.78 is 0. The molecular weight excluding hydrogens is 220 g/mol. The van der Waals surface area contributed by atoms with Crippen LogP contribution in [0.5, 0.6) is 0 Å². The van der Waals surface area contributed by atoms with Gasteiger partial charge in [-0.25, -0.2) is 0 Å². The quantitative estimate of drug-likeness (QED) is 0.689. The van der Waals surface area contributed by atoms with E-state index in [1.807, 2.05) is 0 Å². The van der Waals surface area contributed by atoms with E-state index >= 15 is 0 Å². The topological polar surface area (TPSA) is 24.1 Å². The molecule has 0 heterocycles. The van der Waals surface area contributed by atoms with E-state index in [4.69, 9.17) is 0 Å². The average molecular weight is 246 g/mol. The molecule has 0 amide bonds. The minimum atomic E-state index is 0.847. The molecule has 2 nitrogen and oxygen atoms in total. The van der Waals surface area contributed by atoms with Gasteiger partial charge in [-0.1, -0.05) is 23.8 Å². The second-order valence-corrected chi connectivity index (χ2v) is 5.51. The van der Waals surface area contributed by atoms with Gasteiger partial charge in [0.15, 0.2) is 0 Å². The van der Waals surface area contributed by atoms with Crippen LogP contribution in [0, 0.1) is 13.8 Å². The van der Waals surface area contributed by atoms with Crippen LogP contribution >= 0.6 is 0 Å². The molecule has 0 aromatic heterocycles. The Labute approximate surface area is 111 Å². The van der Waals surface area contributed by atoms with Crippen LogP contribution in [-0.2, 0) is 6.42 Å². The molecule has 1 aliphatic rings. The van der Waals surface area contributed by atoms with Crippen LogP contribution in [0.15, 0.2) is 18.2 Å². The number of aryl methyl sites for hydroxylation is 2. The highest BCUT2D eigenvalue weighted by atomic mass is 14.9. The van der Waals surface area contributed by atoms with Gasteiger partial charge in [-0.2, -0.15) is 0 Å². The molecule has 100 valence electrons. The van der Waals surface area contributed by atoms with Crippen molar-refractivity contribution in [3.05, 3.63) is 34.9 Å². The lowest BCUT2D eigenvalue weighted by Gasteiger charge is -2.08. The molecule has 0 bridgehead atoms. The van der Waals surface area contributed by atoms with Crippen LogP contribution in [0.1, 0.15) is 36.0 Å². The Kier molecular flexibility index (Phi) is 5.21. The number of benzene rings is 1. The van der Waals surface area contributed by atoms with Gasteiger partial charge in [-0.15, -0.1) is 0 Å². The van der Waals surface area contributed by atoms with Crippen molar-refractivity contribution >= 4 is 0 Å². The molecule has 0 radical (unpaired) electrons. The first kappa shape index (κ1) is 13.6. The first-order valence-electron chi connectivity index (χ1n) is 7.26. The molecular formula is C16H26N2. The van der Waals surface area contributed by atoms with E-state index in [1.54, 1.807) is 0 Å². The van der Waals surface area contributed by atoms with Gasteiger partial charge in [0, 0.05) is 6.04 Å². The molecule has 2 rings (SSSR count). The summed E-state index contributed by atoms with van der Waals surface area (Å²) >= 11 is 0. The van der Waals surface area contributed by atoms with E-state index in [2.05, 4.69) is 42.7 Å². The average Bonchev–Trinajstić information content (AvgIpc) is 3.16. The zero-order valence-electron chi connectivity index (χ0n) is 11.8. The van der Waals surface area contributed by atoms with Crippen molar-refractivity contribution in [1.29, 1.82) is 0 Å². The normalized spacial score (nSPS) is 15.0. The Balaban J connectivity index is 1.55. The van der Waals surface area contributed by atoms with Crippen molar-refractivity contribution in [3.63, 3.8) is 0 Å². The first-order valence-corrected chi connectivity index (χ1v) is 7.26. The smallest absolute Gasteiger partial charge is 0.00682 e. The van der Waals surface area contributed by atoms with Crippen molar-refractivity contribution < 1.29 is 0 Å². The number of rotatable bonds is 8. The van der Waals surface area contributed by atoms with E-state index in [1.165, 1.54) is 42.5 Å². The summed E-state index contributed by atoms with van der Waals surface area (Å²) in [6.07, 6.45) is 5.16. The van der Waals surface area contributed by atoms with Crippen molar-refractivity contribution in [2.24, 2.45) is 0 Å². The summed E-state index contributed by atoms with van der Waals surface area (Å²) in [5.74, 6) is 0. The molecule has 2 N–H and O–H groups in total. The minimum Gasteiger partial charge on any atom is -0.316 e. The SMILES string of the molecule is Cc1ccc(C)c(CCNCCCNC2CC2)c1. The lowest BCUT2D eigenvalue weighted by atomic mass is 10.0. The molecule has 1 saturated carbocycles. The molecule has 18 heavy (non-hydrogen) atoms. The van der Waals surface area contributed by atoms with Gasteiger partial charge in [-0.05, 0) is 70.3 Å². The van der Waals surface area contributed by atoms with E-state index in [9.17, 15) is 0 Å². The highest BCUT2D eigenvalue weighted by Gasteiger charge is 2.19. The Morgan fingerprint density at radius 2 is 1.94 bits per heavy atom. The van der Waals surface area contributed by atoms with Crippen LogP contribution < -0.4 is 10.6 Å². The van der Waals surface area contributed by atoms with Gasteiger partial charge < -0.3 is 10.6 Å². The van der Waals surface area contributed by atoms with Crippen molar-refractivity contribution in [2.75, 3.05) is 19.6 Å². The summed E-state index contributed by atoms with van der Waals surface area (Å²) in [4.78, 5) is 0. The fourth-order valence-corrected chi connectivity index (χ4v) is 2.22. The second kappa shape index (κ2) is 6.91. The minimum absolute atomic E-state index is 0.847. The van der Waals surface area contributed by atoms with Crippen molar-refractivity contribution in [2.45, 2.75) is 45.6 Å². The zero-order valence-corrected chi connectivity index (χ0v) is 11.8. The molecule has 0 spiro atoms. The molecule has 1 aliphatic carbocycles. The highest BCUT2D eigenvalue weighted by Crippen LogP contribution is 2.18. The zero-order chi connectivity index (χ0) is 12.8. The number of nitrogens with one attached hydrogen (secondary N) is 2. The summed E-state index contributed by atoms with van der Waals surface area (Å²) in [6, 6.07) is 7.58. The third kappa shape index (κ3) is 4.79. The van der Waals surface area contributed by atoms with Gasteiger partial charge in [0.1, 0.15) is 0 Å². The predicted octanol–water partition coefficient (Wildman–Crippen LogP) is 2.58. The summed E-state index contributed by atoms with van der Waals surface area (Å²) in [5, 5.41) is 7.08. The Bertz CT molecular complexity index is 369. The highest BCUT2D eigenvalue weighted by molar-refractivity contribution is 5.30. The Morgan fingerprint density at radius 1 is 1.11 bits per heavy atom. The standard InChI is InChI=1S/C16H26N2/c1-13-4-5-14(2)15(12-13)8-11-17-9-3-10-18-16-6-7-16/h4-5,12,16-18H,3,6-11H2,1-2H3. The first-order chi connectivity index (χ1) is 8.75. The predicted molar refractivity (Wildman–Crippen MR) is 78.1 cm³/mol. The lowest BCUT2D eigenvalue weighted by Crippen LogP contribution is -2.24. The molecule has 1 aromatic carbocycles. The maximum Gasteiger partial charge on any atom is 0.00682 e. The fraction of sp³-hybridized carbons (Fsp3) is 0.625. The van der Waals surface area contributed by atoms with E-state index in [-0.39, 0.29) is 0 Å². The van der Waals surface area contributed by atoms with Crippen LogP contribution in [0.3, 0.4) is 0 Å². The lowest BCUT2D eigenvalue weighted by molar-refractivity contribution is 0.593. The van der Waals surface area contributed by atoms with Crippen LogP contribution in [0.4, 0.5) is 0 Å². The van der Waals surface area contributed by atoms with Gasteiger partial charge in [-0.3, -0.25) is 0 Å². The van der Waals surface area contributed by atoms with Crippen LogP contribution in [-0.4, -0.2) is 25.7 Å². The largest absolute Gasteiger partial charge is 0.316 e. The molecule has 1 fully saturated rings. The van der Waals surface area contributed by atoms with Crippen molar-refractivity contribution in [3.8, 4) is 0 Å². The number of hydrogen-bond acceptors (Lipinski definition) is 2. The Morgan fingerprint density at radius 3 is 2.72 bits per heavy atom. The van der Waals surface area contributed by atoms with Gasteiger partial charge in [0.05, 0.1) is 0 Å². The molecule has 1 aromatic rings. The summed E-state index contributed by atoms with van der Waals surface area (Å²) in [6.45, 7) is 7.76. The monoisotopic (exact) mass is 246 g/mol. The van der Waals surface area contributed by atoms with Gasteiger partial charge >= 0.3 is 0 Å². The van der Waals surface area contributed by atoms with E-state index < -0.39 is 0 Å².